The van der Waals surface area contributed by atoms with Crippen LogP contribution in [0.1, 0.15) is 27.3 Å². The van der Waals surface area contributed by atoms with E-state index in [0.717, 1.165) is 18.3 Å². The van der Waals surface area contributed by atoms with E-state index in [1.807, 2.05) is 0 Å². The molecule has 4 rings (SSSR count). The number of carbonyl (C=O) groups is 1. The van der Waals surface area contributed by atoms with Gasteiger partial charge in [-0.3, -0.25) is 9.78 Å². The zero-order valence-corrected chi connectivity index (χ0v) is 13.4. The fourth-order valence-electron chi connectivity index (χ4n) is 3.03. The number of hydrogen-bond acceptors (Lipinski definition) is 3. The van der Waals surface area contributed by atoms with Crippen LogP contribution in [0, 0.1) is 17.5 Å². The number of carbonyl (C=O) groups excluding carboxylic acids is 1. The van der Waals surface area contributed by atoms with Gasteiger partial charge in [-0.2, -0.15) is 0 Å². The molecule has 130 valence electrons. The van der Waals surface area contributed by atoms with Gasteiger partial charge in [0, 0.05) is 12.1 Å². The van der Waals surface area contributed by atoms with E-state index in [1.54, 1.807) is 0 Å². The molecule has 0 spiro atoms. The quantitative estimate of drug-likeness (QED) is 0.784. The van der Waals surface area contributed by atoms with Crippen LogP contribution in [0.2, 0.25) is 0 Å². The minimum atomic E-state index is -0.736. The highest BCUT2D eigenvalue weighted by atomic mass is 19.1. The van der Waals surface area contributed by atoms with E-state index in [4.69, 9.17) is 0 Å². The Kier molecular flexibility index (Phi) is 3.91. The van der Waals surface area contributed by atoms with Crippen LogP contribution in [-0.2, 0) is 13.0 Å². The van der Waals surface area contributed by atoms with Crippen LogP contribution in [0.5, 0.6) is 0 Å². The van der Waals surface area contributed by atoms with Crippen LogP contribution in [0.4, 0.5) is 13.2 Å². The molecule has 26 heavy (non-hydrogen) atoms. The van der Waals surface area contributed by atoms with Gasteiger partial charge in [0.25, 0.3) is 5.91 Å². The van der Waals surface area contributed by atoms with E-state index in [9.17, 15) is 18.0 Å². The summed E-state index contributed by atoms with van der Waals surface area (Å²) in [5.41, 5.74) is 1.71. The van der Waals surface area contributed by atoms with Crippen molar-refractivity contribution < 1.29 is 18.0 Å². The van der Waals surface area contributed by atoms with E-state index in [2.05, 4.69) is 15.3 Å². The minimum Gasteiger partial charge on any atom is -0.346 e. The summed E-state index contributed by atoms with van der Waals surface area (Å²) in [7, 11) is 0. The molecule has 1 aliphatic rings. The molecule has 0 unspecified atom stereocenters. The molecule has 2 aromatic heterocycles. The predicted octanol–water partition coefficient (Wildman–Crippen LogP) is 3.40. The van der Waals surface area contributed by atoms with Crippen molar-refractivity contribution in [1.82, 2.24) is 15.3 Å². The lowest BCUT2D eigenvalue weighted by Gasteiger charge is -2.11. The standard InChI is InChI=1S/C19H12F3N3O/c20-11-4-5-12(23-8-11)6-10-7-15(18-13(21)2-1-3-14(18)22)25-16-9-24-19(26)17(10)16/h1-5,7-8H,6,9H2,(H,24,26). The van der Waals surface area contributed by atoms with Crippen LogP contribution in [-0.4, -0.2) is 15.9 Å². The molecule has 0 aliphatic carbocycles. The first-order valence-electron chi connectivity index (χ1n) is 7.89. The normalized spacial score (nSPS) is 12.8. The SMILES string of the molecule is O=C1NCc2nc(-c3c(F)cccc3F)cc(Cc3ccc(F)cn3)c21. The monoisotopic (exact) mass is 355 g/mol. The largest absolute Gasteiger partial charge is 0.346 e. The number of nitrogens with zero attached hydrogens (tertiary/aromatic N) is 2. The summed E-state index contributed by atoms with van der Waals surface area (Å²) < 4.78 is 41.4. The smallest absolute Gasteiger partial charge is 0.253 e. The Morgan fingerprint density at radius 2 is 1.81 bits per heavy atom. The van der Waals surface area contributed by atoms with Gasteiger partial charge in [0.05, 0.1) is 35.3 Å². The van der Waals surface area contributed by atoms with E-state index in [1.165, 1.54) is 24.3 Å². The number of hydrogen-bond donors (Lipinski definition) is 1. The Balaban J connectivity index is 1.86. The molecule has 1 aromatic carbocycles. The van der Waals surface area contributed by atoms with Gasteiger partial charge < -0.3 is 5.32 Å². The third-order valence-corrected chi connectivity index (χ3v) is 4.20. The fourth-order valence-corrected chi connectivity index (χ4v) is 3.03. The zero-order chi connectivity index (χ0) is 18.3. The number of nitrogens with one attached hydrogen (secondary N) is 1. The molecule has 4 nitrogen and oxygen atoms in total. The van der Waals surface area contributed by atoms with Crippen molar-refractivity contribution in [2.45, 2.75) is 13.0 Å². The van der Waals surface area contributed by atoms with Crippen LogP contribution in [0.15, 0.2) is 42.6 Å². The second-order valence-corrected chi connectivity index (χ2v) is 5.91. The summed E-state index contributed by atoms with van der Waals surface area (Å²) in [6.45, 7) is 0.182. The van der Waals surface area contributed by atoms with Gasteiger partial charge in [0.2, 0.25) is 0 Å². The molecule has 0 atom stereocenters. The average molecular weight is 355 g/mol. The van der Waals surface area contributed by atoms with Crippen molar-refractivity contribution in [3.8, 4) is 11.3 Å². The molecule has 3 heterocycles. The summed E-state index contributed by atoms with van der Waals surface area (Å²) >= 11 is 0. The van der Waals surface area contributed by atoms with Crippen LogP contribution in [0.3, 0.4) is 0 Å². The second kappa shape index (κ2) is 6.25. The van der Waals surface area contributed by atoms with Gasteiger partial charge in [0.1, 0.15) is 17.5 Å². The van der Waals surface area contributed by atoms with Gasteiger partial charge >= 0.3 is 0 Å². The van der Waals surface area contributed by atoms with Crippen molar-refractivity contribution in [2.24, 2.45) is 0 Å². The Labute approximate surface area is 146 Å². The highest BCUT2D eigenvalue weighted by Gasteiger charge is 2.26. The van der Waals surface area contributed by atoms with Crippen molar-refractivity contribution in [3.63, 3.8) is 0 Å². The van der Waals surface area contributed by atoms with E-state index in [-0.39, 0.29) is 30.1 Å². The Morgan fingerprint density at radius 3 is 2.50 bits per heavy atom. The molecule has 1 N–H and O–H groups in total. The highest BCUT2D eigenvalue weighted by Crippen LogP contribution is 2.30. The molecule has 0 bridgehead atoms. The highest BCUT2D eigenvalue weighted by molar-refractivity contribution is 5.99. The summed E-state index contributed by atoms with van der Waals surface area (Å²) in [6.07, 6.45) is 1.29. The average Bonchev–Trinajstić information content (AvgIpc) is 2.98. The van der Waals surface area contributed by atoms with E-state index in [0.29, 0.717) is 22.5 Å². The lowest BCUT2D eigenvalue weighted by molar-refractivity contribution is 0.0965. The number of rotatable bonds is 3. The van der Waals surface area contributed by atoms with Gasteiger partial charge in [0.15, 0.2) is 0 Å². The number of aromatic nitrogens is 2. The first-order chi connectivity index (χ1) is 12.5. The van der Waals surface area contributed by atoms with Gasteiger partial charge in [-0.1, -0.05) is 6.07 Å². The molecule has 0 radical (unpaired) electrons. The summed E-state index contributed by atoms with van der Waals surface area (Å²) in [4.78, 5) is 20.4. The lowest BCUT2D eigenvalue weighted by Crippen LogP contribution is -2.14. The fraction of sp³-hybridized carbons (Fsp3) is 0.105. The number of pyridine rings is 2. The lowest BCUT2D eigenvalue weighted by atomic mass is 9.99. The van der Waals surface area contributed by atoms with Gasteiger partial charge in [-0.05, 0) is 35.9 Å². The maximum absolute atomic E-state index is 14.2. The van der Waals surface area contributed by atoms with Crippen molar-refractivity contribution in [2.75, 3.05) is 0 Å². The molecular weight excluding hydrogens is 343 g/mol. The second-order valence-electron chi connectivity index (χ2n) is 5.91. The van der Waals surface area contributed by atoms with E-state index >= 15 is 0 Å². The van der Waals surface area contributed by atoms with Crippen molar-refractivity contribution in [1.29, 1.82) is 0 Å². The number of benzene rings is 1. The molecule has 1 amide bonds. The third-order valence-electron chi connectivity index (χ3n) is 4.20. The molecule has 0 fully saturated rings. The topological polar surface area (TPSA) is 54.9 Å². The van der Waals surface area contributed by atoms with Gasteiger partial charge in [-0.25, -0.2) is 18.2 Å². The number of fused-ring (bicyclic) bond motifs is 1. The molecule has 0 saturated carbocycles. The molecule has 0 saturated heterocycles. The number of amides is 1. The maximum atomic E-state index is 14.2. The maximum Gasteiger partial charge on any atom is 0.253 e. The molecule has 7 heteroatoms. The Morgan fingerprint density at radius 1 is 1.04 bits per heavy atom. The molecule has 3 aromatic rings. The zero-order valence-electron chi connectivity index (χ0n) is 13.4. The van der Waals surface area contributed by atoms with Gasteiger partial charge in [-0.15, -0.1) is 0 Å². The van der Waals surface area contributed by atoms with Crippen molar-refractivity contribution in [3.05, 3.63) is 82.6 Å². The van der Waals surface area contributed by atoms with Crippen molar-refractivity contribution >= 4 is 5.91 Å². The predicted molar refractivity (Wildman–Crippen MR) is 87.8 cm³/mol. The first kappa shape index (κ1) is 16.3. The molecule has 1 aliphatic heterocycles. The summed E-state index contributed by atoms with van der Waals surface area (Å²) in [5, 5.41) is 2.66. The molecular formula is C19H12F3N3O. The first-order valence-corrected chi connectivity index (χ1v) is 7.89. The van der Waals surface area contributed by atoms with Crippen LogP contribution >= 0.6 is 0 Å². The van der Waals surface area contributed by atoms with E-state index < -0.39 is 17.5 Å². The Hall–Kier alpha value is -3.22. The summed E-state index contributed by atoms with van der Waals surface area (Å²) in [6, 6.07) is 7.82. The minimum absolute atomic E-state index is 0.105. The third kappa shape index (κ3) is 2.81. The number of halogens is 3. The van der Waals surface area contributed by atoms with Crippen LogP contribution in [0.25, 0.3) is 11.3 Å². The van der Waals surface area contributed by atoms with Crippen LogP contribution < -0.4 is 5.32 Å². The summed E-state index contributed by atoms with van der Waals surface area (Å²) in [5.74, 6) is -2.24. The Bertz CT molecular complexity index is 999.